The van der Waals surface area contributed by atoms with Gasteiger partial charge in [0.25, 0.3) is 0 Å². The molecule has 0 heterocycles. The van der Waals surface area contributed by atoms with Crippen molar-refractivity contribution in [3.8, 4) is 11.1 Å². The molecule has 0 bridgehead atoms. The molecule has 2 heteroatoms. The van der Waals surface area contributed by atoms with Crippen molar-refractivity contribution < 1.29 is 4.39 Å². The van der Waals surface area contributed by atoms with Gasteiger partial charge in [-0.25, -0.2) is 4.39 Å². The molecule has 0 fully saturated rings. The third-order valence-corrected chi connectivity index (χ3v) is 2.84. The van der Waals surface area contributed by atoms with Crippen LogP contribution in [-0.2, 0) is 0 Å². The van der Waals surface area contributed by atoms with E-state index in [1.165, 1.54) is 17.2 Å². The molecule has 1 nitrogen and oxygen atoms in total. The Bertz CT molecular complexity index is 483. The molecule has 2 aromatic rings. The van der Waals surface area contributed by atoms with Crippen molar-refractivity contribution >= 4 is 5.69 Å². The largest absolute Gasteiger partial charge is 0.396 e. The van der Waals surface area contributed by atoms with Crippen molar-refractivity contribution in [3.63, 3.8) is 0 Å². The van der Waals surface area contributed by atoms with Gasteiger partial charge in [0, 0.05) is 0 Å². The van der Waals surface area contributed by atoms with Gasteiger partial charge in [0.1, 0.15) is 5.82 Å². The molecule has 0 saturated heterocycles. The van der Waals surface area contributed by atoms with Crippen molar-refractivity contribution in [2.75, 3.05) is 5.73 Å². The lowest BCUT2D eigenvalue weighted by Gasteiger charge is -2.06. The van der Waals surface area contributed by atoms with Gasteiger partial charge in [0.15, 0.2) is 0 Å². The van der Waals surface area contributed by atoms with E-state index in [1.807, 2.05) is 6.07 Å². The second kappa shape index (κ2) is 3.97. The van der Waals surface area contributed by atoms with Crippen LogP contribution >= 0.6 is 0 Å². The molecule has 0 amide bonds. The molecule has 2 aromatic carbocycles. The maximum atomic E-state index is 13.0. The van der Waals surface area contributed by atoms with E-state index in [2.05, 4.69) is 26.0 Å². The van der Waals surface area contributed by atoms with Crippen molar-refractivity contribution in [1.82, 2.24) is 0 Å². The number of hydrogen-bond acceptors (Lipinski definition) is 1. The Morgan fingerprint density at radius 2 is 1.50 bits per heavy atom. The Balaban J connectivity index is 2.50. The first-order valence-corrected chi connectivity index (χ1v) is 5.20. The SMILES string of the molecule is Cc1ccc(-c2ccc(F)c(N)c2)cc1C. The molecule has 82 valence electrons. The van der Waals surface area contributed by atoms with Crippen LogP contribution < -0.4 is 5.73 Å². The number of halogens is 1. The van der Waals surface area contributed by atoms with Gasteiger partial charge in [-0.3, -0.25) is 0 Å². The first-order chi connectivity index (χ1) is 7.58. The van der Waals surface area contributed by atoms with Gasteiger partial charge in [0.2, 0.25) is 0 Å². The van der Waals surface area contributed by atoms with Crippen molar-refractivity contribution in [2.45, 2.75) is 13.8 Å². The van der Waals surface area contributed by atoms with Gasteiger partial charge in [-0.2, -0.15) is 0 Å². The van der Waals surface area contributed by atoms with E-state index < -0.39 is 0 Å². The lowest BCUT2D eigenvalue weighted by Crippen LogP contribution is -1.91. The van der Waals surface area contributed by atoms with Gasteiger partial charge in [-0.1, -0.05) is 24.3 Å². The van der Waals surface area contributed by atoms with Crippen LogP contribution in [0.3, 0.4) is 0 Å². The molecule has 2 rings (SSSR count). The number of hydrogen-bond donors (Lipinski definition) is 1. The fourth-order valence-corrected chi connectivity index (χ4v) is 1.64. The second-order valence-electron chi connectivity index (χ2n) is 4.04. The quantitative estimate of drug-likeness (QED) is 0.721. The molecular formula is C14H14FN. The van der Waals surface area contributed by atoms with Crippen LogP contribution in [0, 0.1) is 19.7 Å². The molecule has 0 aliphatic heterocycles. The highest BCUT2D eigenvalue weighted by Gasteiger charge is 2.03. The van der Waals surface area contributed by atoms with Gasteiger partial charge in [-0.15, -0.1) is 0 Å². The van der Waals surface area contributed by atoms with Crippen LogP contribution in [0.2, 0.25) is 0 Å². The number of nitrogen functional groups attached to an aromatic ring is 1. The fourth-order valence-electron chi connectivity index (χ4n) is 1.64. The summed E-state index contributed by atoms with van der Waals surface area (Å²) in [7, 11) is 0. The molecule has 2 N–H and O–H groups in total. The number of nitrogens with two attached hydrogens (primary N) is 1. The Labute approximate surface area is 94.7 Å². The average molecular weight is 215 g/mol. The molecule has 0 radical (unpaired) electrons. The van der Waals surface area contributed by atoms with Crippen LogP contribution in [0.5, 0.6) is 0 Å². The van der Waals surface area contributed by atoms with Crippen molar-refractivity contribution in [3.05, 3.63) is 53.3 Å². The number of aryl methyl sites for hydroxylation is 2. The summed E-state index contributed by atoms with van der Waals surface area (Å²) < 4.78 is 13.0. The smallest absolute Gasteiger partial charge is 0.146 e. The van der Waals surface area contributed by atoms with Crippen LogP contribution in [0.25, 0.3) is 11.1 Å². The molecule has 0 unspecified atom stereocenters. The van der Waals surface area contributed by atoms with Crippen LogP contribution in [0.4, 0.5) is 10.1 Å². The summed E-state index contributed by atoms with van der Waals surface area (Å²) in [4.78, 5) is 0. The van der Waals surface area contributed by atoms with Gasteiger partial charge >= 0.3 is 0 Å². The van der Waals surface area contributed by atoms with E-state index in [-0.39, 0.29) is 11.5 Å². The predicted octanol–water partition coefficient (Wildman–Crippen LogP) is 3.69. The Kier molecular flexibility index (Phi) is 2.65. The Hall–Kier alpha value is -1.83. The zero-order chi connectivity index (χ0) is 11.7. The Morgan fingerprint density at radius 3 is 2.12 bits per heavy atom. The summed E-state index contributed by atoms with van der Waals surface area (Å²) in [6.07, 6.45) is 0. The lowest BCUT2D eigenvalue weighted by molar-refractivity contribution is 0.632. The molecule has 0 aliphatic rings. The zero-order valence-corrected chi connectivity index (χ0v) is 9.42. The van der Waals surface area contributed by atoms with E-state index in [0.717, 1.165) is 11.1 Å². The maximum absolute atomic E-state index is 13.0. The van der Waals surface area contributed by atoms with Crippen molar-refractivity contribution in [1.29, 1.82) is 0 Å². The standard InChI is InChI=1S/C14H14FN/c1-9-3-4-11(7-10(9)2)12-5-6-13(15)14(16)8-12/h3-8H,16H2,1-2H3. The van der Waals surface area contributed by atoms with Gasteiger partial charge in [0.05, 0.1) is 5.69 Å². The summed E-state index contributed by atoms with van der Waals surface area (Å²) in [5, 5.41) is 0. The highest BCUT2D eigenvalue weighted by molar-refractivity contribution is 5.68. The summed E-state index contributed by atoms with van der Waals surface area (Å²) in [5.41, 5.74) is 10.2. The first kappa shape index (κ1) is 10.7. The topological polar surface area (TPSA) is 26.0 Å². The van der Waals surface area contributed by atoms with Gasteiger partial charge in [-0.05, 0) is 48.2 Å². The van der Waals surface area contributed by atoms with E-state index in [1.54, 1.807) is 12.1 Å². The monoisotopic (exact) mass is 215 g/mol. The molecule has 0 atom stereocenters. The normalized spacial score (nSPS) is 10.4. The highest BCUT2D eigenvalue weighted by atomic mass is 19.1. The average Bonchev–Trinajstić information content (AvgIpc) is 2.26. The first-order valence-electron chi connectivity index (χ1n) is 5.20. The number of benzene rings is 2. The highest BCUT2D eigenvalue weighted by Crippen LogP contribution is 2.25. The second-order valence-corrected chi connectivity index (χ2v) is 4.04. The van der Waals surface area contributed by atoms with Crippen LogP contribution in [0.1, 0.15) is 11.1 Å². The van der Waals surface area contributed by atoms with E-state index in [9.17, 15) is 4.39 Å². The van der Waals surface area contributed by atoms with Crippen LogP contribution in [-0.4, -0.2) is 0 Å². The fraction of sp³-hybridized carbons (Fsp3) is 0.143. The third kappa shape index (κ3) is 1.91. The lowest BCUT2D eigenvalue weighted by atomic mass is 10.0. The van der Waals surface area contributed by atoms with E-state index in [4.69, 9.17) is 5.73 Å². The molecule has 0 aromatic heterocycles. The minimum atomic E-state index is -0.368. The molecular weight excluding hydrogens is 201 g/mol. The maximum Gasteiger partial charge on any atom is 0.146 e. The molecule has 0 spiro atoms. The number of rotatable bonds is 1. The summed E-state index contributed by atoms with van der Waals surface area (Å²) >= 11 is 0. The van der Waals surface area contributed by atoms with E-state index >= 15 is 0 Å². The Morgan fingerprint density at radius 1 is 0.875 bits per heavy atom. The predicted molar refractivity (Wildman–Crippen MR) is 65.7 cm³/mol. The van der Waals surface area contributed by atoms with E-state index in [0.29, 0.717) is 0 Å². The summed E-state index contributed by atoms with van der Waals surface area (Å²) in [6, 6.07) is 11.0. The summed E-state index contributed by atoms with van der Waals surface area (Å²) in [5.74, 6) is -0.368. The molecule has 0 saturated carbocycles. The third-order valence-electron chi connectivity index (χ3n) is 2.84. The minimum Gasteiger partial charge on any atom is -0.396 e. The minimum absolute atomic E-state index is 0.190. The molecule has 16 heavy (non-hydrogen) atoms. The zero-order valence-electron chi connectivity index (χ0n) is 9.42. The number of anilines is 1. The van der Waals surface area contributed by atoms with Crippen LogP contribution in [0.15, 0.2) is 36.4 Å². The molecule has 0 aliphatic carbocycles. The summed E-state index contributed by atoms with van der Waals surface area (Å²) in [6.45, 7) is 4.13. The van der Waals surface area contributed by atoms with Gasteiger partial charge < -0.3 is 5.73 Å². The van der Waals surface area contributed by atoms with Crippen molar-refractivity contribution in [2.24, 2.45) is 0 Å².